The Bertz CT molecular complexity index is 857. The summed E-state index contributed by atoms with van der Waals surface area (Å²) in [5, 5.41) is 3.78. The Morgan fingerprint density at radius 3 is 2.27 bits per heavy atom. The van der Waals surface area contributed by atoms with Crippen LogP contribution in [-0.2, 0) is 16.1 Å². The molecular formula is C22H25BrCl2N2O3. The minimum atomic E-state index is -0.729. The van der Waals surface area contributed by atoms with E-state index in [9.17, 15) is 9.59 Å². The van der Waals surface area contributed by atoms with Gasteiger partial charge in [-0.25, -0.2) is 0 Å². The van der Waals surface area contributed by atoms with Crippen molar-refractivity contribution < 1.29 is 14.3 Å². The predicted octanol–water partition coefficient (Wildman–Crippen LogP) is 5.47. The zero-order valence-electron chi connectivity index (χ0n) is 17.1. The molecule has 5 nitrogen and oxygen atoms in total. The maximum absolute atomic E-state index is 13.0. The molecule has 8 heteroatoms. The van der Waals surface area contributed by atoms with Crippen molar-refractivity contribution in [3.8, 4) is 5.75 Å². The van der Waals surface area contributed by atoms with Crippen LogP contribution in [0.4, 0.5) is 0 Å². The lowest BCUT2D eigenvalue weighted by Crippen LogP contribution is -2.50. The summed E-state index contributed by atoms with van der Waals surface area (Å²) < 4.78 is 6.53. The van der Waals surface area contributed by atoms with E-state index in [1.54, 1.807) is 37.3 Å². The zero-order valence-corrected chi connectivity index (χ0v) is 20.2. The average Bonchev–Trinajstić information content (AvgIpc) is 2.72. The molecule has 2 aromatic carbocycles. The molecule has 0 aliphatic heterocycles. The second kappa shape index (κ2) is 11.6. The molecule has 0 radical (unpaired) electrons. The second-order valence-electron chi connectivity index (χ2n) is 6.96. The molecule has 0 heterocycles. The van der Waals surface area contributed by atoms with E-state index in [1.807, 2.05) is 26.0 Å². The van der Waals surface area contributed by atoms with Gasteiger partial charge in [0.2, 0.25) is 5.91 Å². The number of hydrogen-bond acceptors (Lipinski definition) is 3. The van der Waals surface area contributed by atoms with Gasteiger partial charge in [0.05, 0.1) is 0 Å². The van der Waals surface area contributed by atoms with Crippen molar-refractivity contribution in [3.63, 3.8) is 0 Å². The van der Waals surface area contributed by atoms with Crippen LogP contribution in [-0.4, -0.2) is 35.4 Å². The molecule has 0 fully saturated rings. The summed E-state index contributed by atoms with van der Waals surface area (Å²) in [7, 11) is 0. The van der Waals surface area contributed by atoms with Crippen LogP contribution < -0.4 is 10.1 Å². The summed E-state index contributed by atoms with van der Waals surface area (Å²) in [5.41, 5.74) is 0.584. The van der Waals surface area contributed by atoms with Crippen LogP contribution in [0.2, 0.25) is 10.0 Å². The number of carbonyl (C=O) groups excluding carboxylic acids is 2. The van der Waals surface area contributed by atoms with E-state index in [0.717, 1.165) is 10.9 Å². The van der Waals surface area contributed by atoms with E-state index in [2.05, 4.69) is 21.2 Å². The molecule has 0 saturated heterocycles. The molecule has 162 valence electrons. The van der Waals surface area contributed by atoms with Crippen molar-refractivity contribution in [3.05, 3.63) is 62.5 Å². The van der Waals surface area contributed by atoms with Gasteiger partial charge in [0, 0.05) is 32.7 Å². The van der Waals surface area contributed by atoms with Gasteiger partial charge < -0.3 is 15.0 Å². The standard InChI is InChI=1S/C22H25BrCl2N2O3/c1-4-14(2)26-22(29)15(3)27(12-18-19(24)6-5-7-20(18)25)21(28)13-30-17-10-8-16(23)9-11-17/h5-11,14-15H,4,12-13H2,1-3H3,(H,26,29)/t14-,15-/m0/s1. The molecule has 2 atom stereocenters. The minimum Gasteiger partial charge on any atom is -0.484 e. The highest BCUT2D eigenvalue weighted by atomic mass is 79.9. The van der Waals surface area contributed by atoms with E-state index in [4.69, 9.17) is 27.9 Å². The first-order valence-corrected chi connectivity index (χ1v) is 11.2. The fraction of sp³-hybridized carbons (Fsp3) is 0.364. The molecule has 0 aromatic heterocycles. The maximum atomic E-state index is 13.0. The normalized spacial score (nSPS) is 12.7. The van der Waals surface area contributed by atoms with Crippen molar-refractivity contribution in [1.29, 1.82) is 0 Å². The van der Waals surface area contributed by atoms with Crippen molar-refractivity contribution in [2.75, 3.05) is 6.61 Å². The number of nitrogens with one attached hydrogen (secondary N) is 1. The quantitative estimate of drug-likeness (QED) is 0.482. The van der Waals surface area contributed by atoms with Crippen molar-refractivity contribution in [2.24, 2.45) is 0 Å². The molecular weight excluding hydrogens is 491 g/mol. The van der Waals surface area contributed by atoms with Crippen LogP contribution in [0.15, 0.2) is 46.9 Å². The largest absolute Gasteiger partial charge is 0.484 e. The summed E-state index contributed by atoms with van der Waals surface area (Å²) >= 11 is 16.0. The second-order valence-corrected chi connectivity index (χ2v) is 8.69. The van der Waals surface area contributed by atoms with Gasteiger partial charge in [-0.3, -0.25) is 9.59 Å². The summed E-state index contributed by atoms with van der Waals surface area (Å²) in [4.78, 5) is 27.2. The SMILES string of the molecule is CC[C@H](C)NC(=O)[C@H](C)N(Cc1c(Cl)cccc1Cl)C(=O)COc1ccc(Br)cc1. The molecule has 0 aliphatic carbocycles. The minimum absolute atomic E-state index is 0.000168. The first-order chi connectivity index (χ1) is 14.2. The van der Waals surface area contributed by atoms with Crippen molar-refractivity contribution >= 4 is 50.9 Å². The van der Waals surface area contributed by atoms with Crippen LogP contribution in [0, 0.1) is 0 Å². The summed E-state index contributed by atoms with van der Waals surface area (Å²) in [6.07, 6.45) is 0.787. The maximum Gasteiger partial charge on any atom is 0.261 e. The Balaban J connectivity index is 2.21. The predicted molar refractivity (Wildman–Crippen MR) is 124 cm³/mol. The number of nitrogens with zero attached hydrogens (tertiary/aromatic N) is 1. The van der Waals surface area contributed by atoms with Crippen molar-refractivity contribution in [2.45, 2.75) is 45.8 Å². The molecule has 0 spiro atoms. The molecule has 0 aliphatic rings. The Kier molecular flexibility index (Phi) is 9.46. The first kappa shape index (κ1) is 24.5. The van der Waals surface area contributed by atoms with Gasteiger partial charge in [0.25, 0.3) is 5.91 Å². The van der Waals surface area contributed by atoms with Crippen LogP contribution in [0.3, 0.4) is 0 Å². The Hall–Kier alpha value is -1.76. The highest BCUT2D eigenvalue weighted by Gasteiger charge is 2.28. The van der Waals surface area contributed by atoms with Crippen LogP contribution in [0.1, 0.15) is 32.8 Å². The van der Waals surface area contributed by atoms with Gasteiger partial charge >= 0.3 is 0 Å². The van der Waals surface area contributed by atoms with Crippen LogP contribution in [0.25, 0.3) is 0 Å². The van der Waals surface area contributed by atoms with Gasteiger partial charge in [0.1, 0.15) is 11.8 Å². The molecule has 0 bridgehead atoms. The summed E-state index contributed by atoms with van der Waals surface area (Å²) in [5.74, 6) is -0.0378. The van der Waals surface area contributed by atoms with Gasteiger partial charge in [-0.05, 0) is 56.7 Å². The number of carbonyl (C=O) groups is 2. The lowest BCUT2D eigenvalue weighted by atomic mass is 10.1. The van der Waals surface area contributed by atoms with Crippen LogP contribution in [0.5, 0.6) is 5.75 Å². The van der Waals surface area contributed by atoms with E-state index in [1.165, 1.54) is 4.90 Å². The zero-order chi connectivity index (χ0) is 22.3. The van der Waals surface area contributed by atoms with Gasteiger partial charge in [-0.15, -0.1) is 0 Å². The summed E-state index contributed by atoms with van der Waals surface area (Å²) in [6.45, 7) is 5.45. The monoisotopic (exact) mass is 514 g/mol. The number of benzene rings is 2. The van der Waals surface area contributed by atoms with E-state index >= 15 is 0 Å². The Morgan fingerprint density at radius 1 is 1.10 bits per heavy atom. The van der Waals surface area contributed by atoms with E-state index in [0.29, 0.717) is 21.4 Å². The van der Waals surface area contributed by atoms with Crippen LogP contribution >= 0.6 is 39.1 Å². The smallest absolute Gasteiger partial charge is 0.261 e. The lowest BCUT2D eigenvalue weighted by molar-refractivity contribution is -0.142. The third-order valence-corrected chi connectivity index (χ3v) is 5.97. The number of amides is 2. The van der Waals surface area contributed by atoms with Gasteiger partial charge in [-0.2, -0.15) is 0 Å². The first-order valence-electron chi connectivity index (χ1n) is 9.64. The number of ether oxygens (including phenoxy) is 1. The van der Waals surface area contributed by atoms with E-state index < -0.39 is 6.04 Å². The topological polar surface area (TPSA) is 58.6 Å². The summed E-state index contributed by atoms with van der Waals surface area (Å²) in [6, 6.07) is 11.6. The molecule has 0 saturated carbocycles. The molecule has 1 N–H and O–H groups in total. The fourth-order valence-corrected chi connectivity index (χ4v) is 3.44. The Morgan fingerprint density at radius 2 is 1.70 bits per heavy atom. The number of halogens is 3. The molecule has 2 rings (SSSR count). The Labute approximate surface area is 195 Å². The molecule has 2 aromatic rings. The third-order valence-electron chi connectivity index (χ3n) is 4.73. The van der Waals surface area contributed by atoms with E-state index in [-0.39, 0.29) is 31.0 Å². The molecule has 2 amide bonds. The van der Waals surface area contributed by atoms with Gasteiger partial charge in [-0.1, -0.05) is 52.1 Å². The highest BCUT2D eigenvalue weighted by molar-refractivity contribution is 9.10. The highest BCUT2D eigenvalue weighted by Crippen LogP contribution is 2.26. The third kappa shape index (κ3) is 6.89. The number of rotatable bonds is 9. The average molecular weight is 516 g/mol. The molecule has 0 unspecified atom stereocenters. The lowest BCUT2D eigenvalue weighted by Gasteiger charge is -2.30. The fourth-order valence-electron chi connectivity index (χ4n) is 2.66. The molecule has 30 heavy (non-hydrogen) atoms. The number of hydrogen-bond donors (Lipinski definition) is 1. The van der Waals surface area contributed by atoms with Crippen molar-refractivity contribution in [1.82, 2.24) is 10.2 Å². The van der Waals surface area contributed by atoms with Gasteiger partial charge in [0.15, 0.2) is 6.61 Å².